The highest BCUT2D eigenvalue weighted by Crippen LogP contribution is 2.32. The van der Waals surface area contributed by atoms with Gasteiger partial charge in [-0.25, -0.2) is 4.98 Å². The van der Waals surface area contributed by atoms with Gasteiger partial charge in [-0.05, 0) is 18.6 Å². The largest absolute Gasteiger partial charge is 0.417 e. The molecule has 0 saturated carbocycles. The molecule has 4 heterocycles. The maximum Gasteiger partial charge on any atom is 0.417 e. The van der Waals surface area contributed by atoms with Gasteiger partial charge in [-0.3, -0.25) is 9.48 Å². The number of carbonyl (C=O) groups is 1. The fraction of sp³-hybridized carbons (Fsp3) is 0.438. The van der Waals surface area contributed by atoms with E-state index in [-0.39, 0.29) is 11.9 Å². The number of hydrogen-bond acceptors (Lipinski definition) is 4. The van der Waals surface area contributed by atoms with E-state index in [1.165, 1.54) is 6.07 Å². The smallest absolute Gasteiger partial charge is 0.352 e. The molecule has 4 rings (SSSR count). The summed E-state index contributed by atoms with van der Waals surface area (Å²) in [7, 11) is 0. The fourth-order valence-corrected chi connectivity index (χ4v) is 3.14. The Balaban J connectivity index is 1.39. The molecule has 132 valence electrons. The number of alkyl halides is 3. The number of amides is 1. The second-order valence-electron chi connectivity index (χ2n) is 6.29. The minimum atomic E-state index is -4.37. The summed E-state index contributed by atoms with van der Waals surface area (Å²) in [6.45, 7) is 1.96. The Bertz CT molecular complexity index is 780. The number of anilines is 2. The van der Waals surface area contributed by atoms with Gasteiger partial charge >= 0.3 is 6.18 Å². The summed E-state index contributed by atoms with van der Waals surface area (Å²) in [5.41, 5.74) is 0.0499. The van der Waals surface area contributed by atoms with E-state index in [0.717, 1.165) is 30.9 Å². The van der Waals surface area contributed by atoms with E-state index in [4.69, 9.17) is 0 Å². The van der Waals surface area contributed by atoms with Crippen molar-refractivity contribution in [2.75, 3.05) is 29.4 Å². The van der Waals surface area contributed by atoms with Crippen molar-refractivity contribution < 1.29 is 18.0 Å². The molecule has 1 amide bonds. The zero-order valence-electron chi connectivity index (χ0n) is 13.3. The Hall–Kier alpha value is -2.58. The van der Waals surface area contributed by atoms with Crippen molar-refractivity contribution in [2.45, 2.75) is 25.1 Å². The maximum absolute atomic E-state index is 12.6. The standard InChI is InChI=1S/C16H16F3N5O/c17-16(18,19)11-3-4-14(20-6-11)22-8-13(9-22)24-10-12(7-21-24)23-5-1-2-15(23)25/h3-4,6-7,10,13H,1-2,5,8-9H2. The van der Waals surface area contributed by atoms with E-state index in [0.29, 0.717) is 25.3 Å². The van der Waals surface area contributed by atoms with Crippen LogP contribution in [0.4, 0.5) is 24.7 Å². The number of rotatable bonds is 3. The number of pyridine rings is 1. The van der Waals surface area contributed by atoms with Crippen molar-refractivity contribution >= 4 is 17.4 Å². The molecule has 2 saturated heterocycles. The SMILES string of the molecule is O=C1CCCN1c1cnn(C2CN(c3ccc(C(F)(F)F)cn3)C2)c1. The molecule has 0 atom stereocenters. The van der Waals surface area contributed by atoms with Crippen LogP contribution < -0.4 is 9.80 Å². The summed E-state index contributed by atoms with van der Waals surface area (Å²) in [6, 6.07) is 2.55. The summed E-state index contributed by atoms with van der Waals surface area (Å²) < 4.78 is 39.5. The third-order valence-electron chi connectivity index (χ3n) is 4.61. The predicted molar refractivity (Wildman–Crippen MR) is 84.3 cm³/mol. The number of halogens is 3. The Kier molecular flexibility index (Phi) is 3.66. The van der Waals surface area contributed by atoms with Crippen LogP contribution in [-0.2, 0) is 11.0 Å². The lowest BCUT2D eigenvalue weighted by molar-refractivity contribution is -0.137. The fourth-order valence-electron chi connectivity index (χ4n) is 3.14. The molecule has 0 unspecified atom stereocenters. The first-order chi connectivity index (χ1) is 11.9. The zero-order chi connectivity index (χ0) is 17.6. The molecule has 2 aliphatic heterocycles. The first-order valence-corrected chi connectivity index (χ1v) is 8.04. The van der Waals surface area contributed by atoms with Crippen LogP contribution in [0.3, 0.4) is 0 Å². The van der Waals surface area contributed by atoms with Crippen molar-refractivity contribution in [1.29, 1.82) is 0 Å². The minimum Gasteiger partial charge on any atom is -0.352 e. The third kappa shape index (κ3) is 2.94. The molecule has 0 aliphatic carbocycles. The van der Waals surface area contributed by atoms with E-state index in [1.807, 2.05) is 15.8 Å². The molecule has 25 heavy (non-hydrogen) atoms. The van der Waals surface area contributed by atoms with E-state index in [1.54, 1.807) is 11.1 Å². The average molecular weight is 351 g/mol. The molecule has 9 heteroatoms. The Morgan fingerprint density at radius 2 is 1.96 bits per heavy atom. The van der Waals surface area contributed by atoms with Gasteiger partial charge in [-0.1, -0.05) is 0 Å². The number of nitrogens with zero attached hydrogens (tertiary/aromatic N) is 5. The molecule has 6 nitrogen and oxygen atoms in total. The van der Waals surface area contributed by atoms with Crippen LogP contribution in [0.15, 0.2) is 30.7 Å². The van der Waals surface area contributed by atoms with Crippen LogP contribution in [0.1, 0.15) is 24.4 Å². The van der Waals surface area contributed by atoms with Gasteiger partial charge in [0, 0.05) is 38.4 Å². The third-order valence-corrected chi connectivity index (χ3v) is 4.61. The zero-order valence-corrected chi connectivity index (χ0v) is 13.3. The highest BCUT2D eigenvalue weighted by Gasteiger charge is 2.33. The molecule has 0 spiro atoms. The van der Waals surface area contributed by atoms with E-state index < -0.39 is 11.7 Å². The average Bonchev–Trinajstić information content (AvgIpc) is 3.14. The van der Waals surface area contributed by atoms with Crippen LogP contribution >= 0.6 is 0 Å². The molecule has 0 bridgehead atoms. The number of carbonyl (C=O) groups excluding carboxylic acids is 1. The minimum absolute atomic E-state index is 0.115. The summed E-state index contributed by atoms with van der Waals surface area (Å²) in [5, 5.41) is 4.32. The molecule has 0 aromatic carbocycles. The van der Waals surface area contributed by atoms with Gasteiger partial charge in [-0.2, -0.15) is 18.3 Å². The number of hydrogen-bond donors (Lipinski definition) is 0. The van der Waals surface area contributed by atoms with Gasteiger partial charge in [0.2, 0.25) is 5.91 Å². The van der Waals surface area contributed by atoms with Crippen LogP contribution in [0.5, 0.6) is 0 Å². The van der Waals surface area contributed by atoms with Crippen LogP contribution in [0.25, 0.3) is 0 Å². The molecule has 2 fully saturated rings. The highest BCUT2D eigenvalue weighted by molar-refractivity contribution is 5.95. The van der Waals surface area contributed by atoms with Crippen molar-refractivity contribution in [2.24, 2.45) is 0 Å². The number of aromatic nitrogens is 3. The first kappa shape index (κ1) is 15.9. The van der Waals surface area contributed by atoms with Crippen molar-refractivity contribution in [3.05, 3.63) is 36.3 Å². The van der Waals surface area contributed by atoms with Gasteiger partial charge in [0.05, 0.1) is 23.5 Å². The van der Waals surface area contributed by atoms with Crippen LogP contribution in [-0.4, -0.2) is 40.3 Å². The summed E-state index contributed by atoms with van der Waals surface area (Å²) in [4.78, 5) is 19.3. The lowest BCUT2D eigenvalue weighted by atomic mass is 10.1. The van der Waals surface area contributed by atoms with Crippen LogP contribution in [0.2, 0.25) is 0 Å². The molecule has 2 aliphatic rings. The molecular formula is C16H16F3N5O. The summed E-state index contributed by atoms with van der Waals surface area (Å²) in [6.07, 6.45) is 1.45. The molecule has 0 N–H and O–H groups in total. The topological polar surface area (TPSA) is 54.3 Å². The Morgan fingerprint density at radius 3 is 2.56 bits per heavy atom. The van der Waals surface area contributed by atoms with Crippen LogP contribution in [0, 0.1) is 0 Å². The van der Waals surface area contributed by atoms with Crippen molar-refractivity contribution in [3.63, 3.8) is 0 Å². The lowest BCUT2D eigenvalue weighted by Crippen LogP contribution is -2.48. The van der Waals surface area contributed by atoms with Crippen molar-refractivity contribution in [1.82, 2.24) is 14.8 Å². The van der Waals surface area contributed by atoms with E-state index >= 15 is 0 Å². The van der Waals surface area contributed by atoms with E-state index in [9.17, 15) is 18.0 Å². The van der Waals surface area contributed by atoms with E-state index in [2.05, 4.69) is 10.1 Å². The summed E-state index contributed by atoms with van der Waals surface area (Å²) >= 11 is 0. The summed E-state index contributed by atoms with van der Waals surface area (Å²) in [5.74, 6) is 0.634. The molecule has 2 aromatic heterocycles. The van der Waals surface area contributed by atoms with Gasteiger partial charge in [0.1, 0.15) is 5.82 Å². The second-order valence-corrected chi connectivity index (χ2v) is 6.29. The normalized spacial score (nSPS) is 18.8. The first-order valence-electron chi connectivity index (χ1n) is 8.04. The second kappa shape index (κ2) is 5.75. The highest BCUT2D eigenvalue weighted by atomic mass is 19.4. The maximum atomic E-state index is 12.6. The molecule has 0 radical (unpaired) electrons. The molecular weight excluding hydrogens is 335 g/mol. The predicted octanol–water partition coefficient (Wildman–Crippen LogP) is 2.49. The van der Waals surface area contributed by atoms with Gasteiger partial charge in [0.25, 0.3) is 0 Å². The van der Waals surface area contributed by atoms with Crippen molar-refractivity contribution in [3.8, 4) is 0 Å². The monoisotopic (exact) mass is 351 g/mol. The lowest BCUT2D eigenvalue weighted by Gasteiger charge is -2.40. The quantitative estimate of drug-likeness (QED) is 0.853. The van der Waals surface area contributed by atoms with Gasteiger partial charge in [-0.15, -0.1) is 0 Å². The Morgan fingerprint density at radius 1 is 1.16 bits per heavy atom. The van der Waals surface area contributed by atoms with Gasteiger partial charge < -0.3 is 9.80 Å². The molecule has 2 aromatic rings. The van der Waals surface area contributed by atoms with Gasteiger partial charge in [0.15, 0.2) is 0 Å². The Labute approximate surface area is 141 Å².